The SMILES string of the molecule is C[C@H](C(=O)Nc1ccc(N2CCOCC2)cc1)N1C(=O)N[C@]2(CCc3ccccc32)C1=O. The molecule has 3 aliphatic rings. The van der Waals surface area contributed by atoms with E-state index in [0.29, 0.717) is 31.7 Å². The number of rotatable bonds is 4. The molecule has 2 N–H and O–H groups in total. The number of fused-ring (bicyclic) bond motifs is 2. The van der Waals surface area contributed by atoms with E-state index in [1.165, 1.54) is 0 Å². The Kier molecular flexibility index (Phi) is 5.09. The summed E-state index contributed by atoms with van der Waals surface area (Å²) in [6, 6.07) is 13.7. The van der Waals surface area contributed by atoms with Crippen molar-refractivity contribution in [3.63, 3.8) is 0 Å². The third kappa shape index (κ3) is 3.31. The van der Waals surface area contributed by atoms with Crippen LogP contribution in [0.5, 0.6) is 0 Å². The van der Waals surface area contributed by atoms with E-state index in [0.717, 1.165) is 34.8 Å². The van der Waals surface area contributed by atoms with Gasteiger partial charge in [-0.05, 0) is 55.2 Å². The number of carbonyl (C=O) groups excluding carboxylic acids is 3. The first-order chi connectivity index (χ1) is 15.5. The minimum atomic E-state index is -1.07. The lowest BCUT2D eigenvalue weighted by molar-refractivity contribution is -0.136. The van der Waals surface area contributed by atoms with Gasteiger partial charge in [0.05, 0.1) is 13.2 Å². The molecular formula is C24H26N4O4. The molecule has 4 amide bonds. The summed E-state index contributed by atoms with van der Waals surface area (Å²) < 4.78 is 5.38. The van der Waals surface area contributed by atoms with Crippen molar-refractivity contribution in [2.24, 2.45) is 0 Å². The second-order valence-corrected chi connectivity index (χ2v) is 8.48. The van der Waals surface area contributed by atoms with Gasteiger partial charge in [-0.2, -0.15) is 0 Å². The first kappa shape index (κ1) is 20.5. The van der Waals surface area contributed by atoms with E-state index < -0.39 is 23.5 Å². The Morgan fingerprint density at radius 2 is 1.81 bits per heavy atom. The normalized spacial score (nSPS) is 23.3. The highest BCUT2D eigenvalue weighted by molar-refractivity contribution is 6.11. The molecule has 8 heteroatoms. The molecule has 0 bridgehead atoms. The Balaban J connectivity index is 1.29. The number of nitrogens with zero attached hydrogens (tertiary/aromatic N) is 2. The van der Waals surface area contributed by atoms with Gasteiger partial charge in [-0.25, -0.2) is 9.69 Å². The van der Waals surface area contributed by atoms with Gasteiger partial charge >= 0.3 is 6.03 Å². The van der Waals surface area contributed by atoms with E-state index in [4.69, 9.17) is 4.74 Å². The predicted octanol–water partition coefficient (Wildman–Crippen LogP) is 2.24. The fourth-order valence-corrected chi connectivity index (χ4v) is 4.85. The first-order valence-electron chi connectivity index (χ1n) is 11.0. The zero-order chi connectivity index (χ0) is 22.3. The predicted molar refractivity (Wildman–Crippen MR) is 119 cm³/mol. The summed E-state index contributed by atoms with van der Waals surface area (Å²) in [6.07, 6.45) is 1.22. The van der Waals surface area contributed by atoms with Crippen LogP contribution >= 0.6 is 0 Å². The molecule has 166 valence electrons. The van der Waals surface area contributed by atoms with Crippen molar-refractivity contribution in [1.29, 1.82) is 0 Å². The fraction of sp³-hybridized carbons (Fsp3) is 0.375. The molecule has 32 heavy (non-hydrogen) atoms. The minimum Gasteiger partial charge on any atom is -0.378 e. The van der Waals surface area contributed by atoms with Crippen LogP contribution in [0, 0.1) is 0 Å². The Hall–Kier alpha value is -3.39. The van der Waals surface area contributed by atoms with E-state index in [9.17, 15) is 14.4 Å². The van der Waals surface area contributed by atoms with Crippen molar-refractivity contribution in [3.05, 3.63) is 59.7 Å². The number of aryl methyl sites for hydroxylation is 1. The number of anilines is 2. The molecule has 1 spiro atoms. The smallest absolute Gasteiger partial charge is 0.326 e. The molecule has 8 nitrogen and oxygen atoms in total. The number of carbonyl (C=O) groups is 3. The molecule has 2 fully saturated rings. The van der Waals surface area contributed by atoms with Crippen LogP contribution in [-0.4, -0.2) is 55.1 Å². The zero-order valence-electron chi connectivity index (χ0n) is 18.0. The van der Waals surface area contributed by atoms with Gasteiger partial charge in [-0.15, -0.1) is 0 Å². The van der Waals surface area contributed by atoms with E-state index >= 15 is 0 Å². The van der Waals surface area contributed by atoms with Crippen molar-refractivity contribution in [3.8, 4) is 0 Å². The van der Waals surface area contributed by atoms with Gasteiger partial charge in [0.25, 0.3) is 5.91 Å². The number of imide groups is 1. The topological polar surface area (TPSA) is 91.0 Å². The molecule has 2 aliphatic heterocycles. The van der Waals surface area contributed by atoms with Crippen LogP contribution in [0.1, 0.15) is 24.5 Å². The maximum Gasteiger partial charge on any atom is 0.326 e. The number of hydrogen-bond acceptors (Lipinski definition) is 5. The van der Waals surface area contributed by atoms with Crippen molar-refractivity contribution < 1.29 is 19.1 Å². The van der Waals surface area contributed by atoms with E-state index in [2.05, 4.69) is 15.5 Å². The van der Waals surface area contributed by atoms with Gasteiger partial charge in [0.2, 0.25) is 5.91 Å². The maximum atomic E-state index is 13.4. The van der Waals surface area contributed by atoms with Gasteiger partial charge < -0.3 is 20.3 Å². The summed E-state index contributed by atoms with van der Waals surface area (Å²) in [4.78, 5) is 42.3. The first-order valence-corrected chi connectivity index (χ1v) is 11.0. The van der Waals surface area contributed by atoms with Gasteiger partial charge in [-0.3, -0.25) is 9.59 Å². The van der Waals surface area contributed by atoms with Crippen LogP contribution in [0.4, 0.5) is 16.2 Å². The highest BCUT2D eigenvalue weighted by Gasteiger charge is 2.57. The number of amides is 4. The lowest BCUT2D eigenvalue weighted by atomic mass is 9.91. The summed E-state index contributed by atoms with van der Waals surface area (Å²) >= 11 is 0. The molecule has 0 saturated carbocycles. The Bertz CT molecular complexity index is 1060. The van der Waals surface area contributed by atoms with Gasteiger partial charge in [0.15, 0.2) is 0 Å². The standard InChI is InChI=1S/C24H26N4O4/c1-16(21(29)25-18-6-8-19(9-7-18)27-12-14-32-15-13-27)28-22(30)24(26-23(28)31)11-10-17-4-2-3-5-20(17)24/h2-9,16H,10-15H2,1H3,(H,25,29)(H,26,31)/t16-,24+/m1/s1. The second-order valence-electron chi connectivity index (χ2n) is 8.48. The van der Waals surface area contributed by atoms with Gasteiger partial charge in [0, 0.05) is 24.5 Å². The summed E-state index contributed by atoms with van der Waals surface area (Å²) in [5.74, 6) is -0.770. The average molecular weight is 434 g/mol. The maximum absolute atomic E-state index is 13.4. The van der Waals surface area contributed by atoms with Crippen LogP contribution in [0.25, 0.3) is 0 Å². The molecule has 2 aromatic rings. The summed E-state index contributed by atoms with van der Waals surface area (Å²) in [6.45, 7) is 4.65. The van der Waals surface area contributed by atoms with Crippen molar-refractivity contribution in [1.82, 2.24) is 10.2 Å². The lowest BCUT2D eigenvalue weighted by Gasteiger charge is -2.29. The molecule has 2 saturated heterocycles. The number of benzene rings is 2. The van der Waals surface area contributed by atoms with E-state index in [-0.39, 0.29) is 5.91 Å². The van der Waals surface area contributed by atoms with E-state index in [1.807, 2.05) is 48.5 Å². The third-order valence-corrected chi connectivity index (χ3v) is 6.65. The second kappa shape index (κ2) is 7.94. The number of morpholine rings is 1. The molecule has 0 aromatic heterocycles. The molecular weight excluding hydrogens is 408 g/mol. The van der Waals surface area contributed by atoms with Crippen molar-refractivity contribution in [2.45, 2.75) is 31.3 Å². The number of ether oxygens (including phenoxy) is 1. The number of hydrogen-bond donors (Lipinski definition) is 2. The minimum absolute atomic E-state index is 0.363. The van der Waals surface area contributed by atoms with Crippen LogP contribution in [0.3, 0.4) is 0 Å². The summed E-state index contributed by atoms with van der Waals surface area (Å²) in [5.41, 5.74) is 2.50. The molecule has 0 radical (unpaired) electrons. The Morgan fingerprint density at radius 3 is 2.56 bits per heavy atom. The molecule has 2 atom stereocenters. The molecule has 2 heterocycles. The van der Waals surface area contributed by atoms with Crippen LogP contribution < -0.4 is 15.5 Å². The number of nitrogens with one attached hydrogen (secondary N) is 2. The number of urea groups is 1. The lowest BCUT2D eigenvalue weighted by Crippen LogP contribution is -2.47. The van der Waals surface area contributed by atoms with Crippen LogP contribution in [0.15, 0.2) is 48.5 Å². The molecule has 5 rings (SSSR count). The zero-order valence-corrected chi connectivity index (χ0v) is 18.0. The van der Waals surface area contributed by atoms with Crippen molar-refractivity contribution in [2.75, 3.05) is 36.5 Å². The Morgan fingerprint density at radius 1 is 1.09 bits per heavy atom. The van der Waals surface area contributed by atoms with Gasteiger partial charge in [0.1, 0.15) is 11.6 Å². The molecule has 0 unspecified atom stereocenters. The van der Waals surface area contributed by atoms with Crippen LogP contribution in [-0.2, 0) is 26.3 Å². The fourth-order valence-electron chi connectivity index (χ4n) is 4.85. The highest BCUT2D eigenvalue weighted by atomic mass is 16.5. The molecule has 2 aromatic carbocycles. The largest absolute Gasteiger partial charge is 0.378 e. The summed E-state index contributed by atoms with van der Waals surface area (Å²) in [5, 5.41) is 5.70. The third-order valence-electron chi connectivity index (χ3n) is 6.65. The average Bonchev–Trinajstić information content (AvgIpc) is 3.31. The summed E-state index contributed by atoms with van der Waals surface area (Å²) in [7, 11) is 0. The van der Waals surface area contributed by atoms with Crippen LogP contribution in [0.2, 0.25) is 0 Å². The Labute approximate surface area is 186 Å². The monoisotopic (exact) mass is 434 g/mol. The highest BCUT2D eigenvalue weighted by Crippen LogP contribution is 2.41. The quantitative estimate of drug-likeness (QED) is 0.721. The van der Waals surface area contributed by atoms with Crippen molar-refractivity contribution >= 4 is 29.2 Å². The van der Waals surface area contributed by atoms with E-state index in [1.54, 1.807) is 6.92 Å². The van der Waals surface area contributed by atoms with Gasteiger partial charge in [-0.1, -0.05) is 24.3 Å². The molecule has 1 aliphatic carbocycles.